The van der Waals surface area contributed by atoms with E-state index in [9.17, 15) is 9.59 Å². The van der Waals surface area contributed by atoms with Crippen molar-refractivity contribution in [2.45, 2.75) is 25.4 Å². The van der Waals surface area contributed by atoms with Gasteiger partial charge in [0, 0.05) is 19.6 Å². The molecule has 0 spiro atoms. The molecule has 2 heterocycles. The highest BCUT2D eigenvalue weighted by Gasteiger charge is 2.27. The summed E-state index contributed by atoms with van der Waals surface area (Å²) in [5, 5.41) is 5.86. The second-order valence-electron chi connectivity index (χ2n) is 4.77. The van der Waals surface area contributed by atoms with Crippen molar-refractivity contribution in [1.29, 1.82) is 0 Å². The lowest BCUT2D eigenvalue weighted by molar-refractivity contribution is -0.133. The predicted octanol–water partition coefficient (Wildman–Crippen LogP) is 0.640. The van der Waals surface area contributed by atoms with Crippen LogP contribution in [-0.2, 0) is 4.79 Å². The largest absolute Gasteiger partial charge is 0.459 e. The third kappa shape index (κ3) is 3.74. The van der Waals surface area contributed by atoms with Gasteiger partial charge in [-0.1, -0.05) is 0 Å². The molecule has 0 bridgehead atoms. The molecule has 6 nitrogen and oxygen atoms in total. The summed E-state index contributed by atoms with van der Waals surface area (Å²) in [6, 6.07) is 2.84. The molecule has 1 aliphatic rings. The van der Waals surface area contributed by atoms with Gasteiger partial charge >= 0.3 is 0 Å². The van der Waals surface area contributed by atoms with E-state index < -0.39 is 6.04 Å². The molecule has 20 heavy (non-hydrogen) atoms. The van der Waals surface area contributed by atoms with Crippen molar-refractivity contribution in [3.8, 4) is 0 Å². The second kappa shape index (κ2) is 7.31. The summed E-state index contributed by atoms with van der Waals surface area (Å²) < 4.78 is 4.99. The number of likely N-dealkylation sites (N-methyl/N-ethyl adjacent to an activating group) is 1. The van der Waals surface area contributed by atoms with Crippen molar-refractivity contribution < 1.29 is 14.0 Å². The predicted molar refractivity (Wildman–Crippen MR) is 76.9 cm³/mol. The third-order valence-corrected chi connectivity index (χ3v) is 3.39. The summed E-state index contributed by atoms with van der Waals surface area (Å²) in [7, 11) is 1.77. The Morgan fingerprint density at radius 3 is 2.85 bits per heavy atom. The zero-order valence-electron chi connectivity index (χ0n) is 11.6. The number of carbonyl (C=O) groups is 2. The number of hydrogen-bond donors (Lipinski definition) is 2. The Bertz CT molecular complexity index is 444. The molecule has 7 heteroatoms. The van der Waals surface area contributed by atoms with E-state index >= 15 is 0 Å². The van der Waals surface area contributed by atoms with E-state index in [1.54, 1.807) is 31.0 Å². The number of carbonyl (C=O) groups excluding carboxylic acids is 2. The van der Waals surface area contributed by atoms with Crippen molar-refractivity contribution in [2.24, 2.45) is 0 Å². The first-order valence-corrected chi connectivity index (χ1v) is 6.41. The molecule has 2 unspecified atom stereocenters. The van der Waals surface area contributed by atoms with E-state index in [1.165, 1.54) is 6.26 Å². The van der Waals surface area contributed by atoms with E-state index in [1.807, 2.05) is 0 Å². The number of furan rings is 1. The Hall–Kier alpha value is -1.53. The molecule has 0 aliphatic carbocycles. The first-order chi connectivity index (χ1) is 9.09. The van der Waals surface area contributed by atoms with Crippen LogP contribution < -0.4 is 10.6 Å². The van der Waals surface area contributed by atoms with Crippen molar-refractivity contribution in [3.05, 3.63) is 24.2 Å². The van der Waals surface area contributed by atoms with Crippen molar-refractivity contribution >= 4 is 24.2 Å². The van der Waals surface area contributed by atoms with Gasteiger partial charge in [-0.05, 0) is 32.0 Å². The molecule has 1 saturated heterocycles. The molecule has 2 rings (SSSR count). The van der Waals surface area contributed by atoms with Gasteiger partial charge in [0.15, 0.2) is 5.76 Å². The first kappa shape index (κ1) is 16.5. The number of rotatable bonds is 4. The molecular formula is C13H20ClN3O3. The van der Waals surface area contributed by atoms with E-state index in [0.717, 1.165) is 19.5 Å². The lowest BCUT2D eigenvalue weighted by Crippen LogP contribution is -2.49. The van der Waals surface area contributed by atoms with Crippen LogP contribution in [0.5, 0.6) is 0 Å². The van der Waals surface area contributed by atoms with Gasteiger partial charge in [-0.3, -0.25) is 9.59 Å². The maximum atomic E-state index is 12.2. The normalized spacial score (nSPS) is 19.0. The van der Waals surface area contributed by atoms with Gasteiger partial charge in [0.2, 0.25) is 5.91 Å². The number of amides is 2. The molecule has 2 N–H and O–H groups in total. The zero-order valence-corrected chi connectivity index (χ0v) is 12.4. The SMILES string of the molecule is CC(NC(=O)c1ccco1)C(=O)N(C)C1CCNC1.Cl. The molecule has 1 fully saturated rings. The van der Waals surface area contributed by atoms with Gasteiger partial charge in [0.25, 0.3) is 5.91 Å². The standard InChI is InChI=1S/C13H19N3O3.ClH/c1-9(15-12(17)11-4-3-7-19-11)13(18)16(2)10-5-6-14-8-10;/h3-4,7,9-10,14H,5-6,8H2,1-2H3,(H,15,17);1H. The highest BCUT2D eigenvalue weighted by molar-refractivity contribution is 5.95. The Labute approximate surface area is 124 Å². The Morgan fingerprint density at radius 1 is 1.55 bits per heavy atom. The number of nitrogens with zero attached hydrogens (tertiary/aromatic N) is 1. The minimum Gasteiger partial charge on any atom is -0.459 e. The van der Waals surface area contributed by atoms with Crippen LogP contribution in [0.2, 0.25) is 0 Å². The Kier molecular flexibility index (Phi) is 6.04. The average Bonchev–Trinajstić information content (AvgIpc) is 3.08. The van der Waals surface area contributed by atoms with Crippen LogP contribution in [0.3, 0.4) is 0 Å². The monoisotopic (exact) mass is 301 g/mol. The lowest BCUT2D eigenvalue weighted by atomic mass is 10.2. The van der Waals surface area contributed by atoms with Gasteiger partial charge in [-0.15, -0.1) is 12.4 Å². The summed E-state index contributed by atoms with van der Waals surface area (Å²) in [4.78, 5) is 25.7. The van der Waals surface area contributed by atoms with Crippen LogP contribution in [0.1, 0.15) is 23.9 Å². The molecular weight excluding hydrogens is 282 g/mol. The first-order valence-electron chi connectivity index (χ1n) is 6.41. The van der Waals surface area contributed by atoms with Crippen LogP contribution in [-0.4, -0.2) is 48.9 Å². The summed E-state index contributed by atoms with van der Waals surface area (Å²) in [6.07, 6.45) is 2.37. The Morgan fingerprint density at radius 2 is 2.30 bits per heavy atom. The highest BCUT2D eigenvalue weighted by atomic mass is 35.5. The Balaban J connectivity index is 0.00000200. The second-order valence-corrected chi connectivity index (χ2v) is 4.77. The highest BCUT2D eigenvalue weighted by Crippen LogP contribution is 2.08. The minimum atomic E-state index is -0.566. The topological polar surface area (TPSA) is 74.6 Å². The minimum absolute atomic E-state index is 0. The molecule has 112 valence electrons. The molecule has 0 radical (unpaired) electrons. The molecule has 2 amide bonds. The number of halogens is 1. The molecule has 1 aromatic rings. The fourth-order valence-corrected chi connectivity index (χ4v) is 2.19. The van der Waals surface area contributed by atoms with Crippen molar-refractivity contribution in [1.82, 2.24) is 15.5 Å². The van der Waals surface area contributed by atoms with E-state index in [4.69, 9.17) is 4.42 Å². The summed E-state index contributed by atoms with van der Waals surface area (Å²) in [6.45, 7) is 3.42. The molecule has 2 atom stereocenters. The summed E-state index contributed by atoms with van der Waals surface area (Å²) in [5.74, 6) is -0.248. The van der Waals surface area contributed by atoms with E-state index in [0.29, 0.717) is 0 Å². The van der Waals surface area contributed by atoms with Crippen LogP contribution in [0, 0.1) is 0 Å². The maximum Gasteiger partial charge on any atom is 0.287 e. The average molecular weight is 302 g/mol. The van der Waals surface area contributed by atoms with Gasteiger partial charge in [0.05, 0.1) is 6.26 Å². The van der Waals surface area contributed by atoms with Gasteiger partial charge < -0.3 is 20.0 Å². The smallest absolute Gasteiger partial charge is 0.287 e. The number of hydrogen-bond acceptors (Lipinski definition) is 4. The van der Waals surface area contributed by atoms with Gasteiger partial charge in [-0.25, -0.2) is 0 Å². The number of nitrogens with one attached hydrogen (secondary N) is 2. The quantitative estimate of drug-likeness (QED) is 0.856. The fraction of sp³-hybridized carbons (Fsp3) is 0.538. The van der Waals surface area contributed by atoms with Crippen LogP contribution in [0.4, 0.5) is 0 Å². The summed E-state index contributed by atoms with van der Waals surface area (Å²) >= 11 is 0. The van der Waals surface area contributed by atoms with Gasteiger partial charge in [0.1, 0.15) is 6.04 Å². The van der Waals surface area contributed by atoms with Crippen LogP contribution in [0.25, 0.3) is 0 Å². The summed E-state index contributed by atoms with van der Waals surface area (Å²) in [5.41, 5.74) is 0. The maximum absolute atomic E-state index is 12.2. The molecule has 0 saturated carbocycles. The fourth-order valence-electron chi connectivity index (χ4n) is 2.19. The van der Waals surface area contributed by atoms with E-state index in [-0.39, 0.29) is 36.0 Å². The van der Waals surface area contributed by atoms with Crippen molar-refractivity contribution in [3.63, 3.8) is 0 Å². The third-order valence-electron chi connectivity index (χ3n) is 3.39. The van der Waals surface area contributed by atoms with Crippen molar-refractivity contribution in [2.75, 3.05) is 20.1 Å². The molecule has 1 aliphatic heterocycles. The zero-order chi connectivity index (χ0) is 13.8. The molecule has 0 aromatic carbocycles. The van der Waals surface area contributed by atoms with Crippen LogP contribution >= 0.6 is 12.4 Å². The molecule has 1 aromatic heterocycles. The lowest BCUT2D eigenvalue weighted by Gasteiger charge is -2.27. The van der Waals surface area contributed by atoms with E-state index in [2.05, 4.69) is 10.6 Å². The van der Waals surface area contributed by atoms with Crippen LogP contribution in [0.15, 0.2) is 22.8 Å². The van der Waals surface area contributed by atoms with Gasteiger partial charge in [-0.2, -0.15) is 0 Å².